The third kappa shape index (κ3) is 4.20. The molecular weight excluding hydrogens is 274 g/mol. The van der Waals surface area contributed by atoms with Crippen LogP contribution in [0, 0.1) is 6.92 Å². The average Bonchev–Trinajstić information content (AvgIpc) is 2.98. The number of hydrogen-bond donors (Lipinski definition) is 0. The van der Waals surface area contributed by atoms with Crippen LogP contribution in [0.4, 0.5) is 0 Å². The van der Waals surface area contributed by atoms with Crippen LogP contribution in [-0.4, -0.2) is 18.3 Å². The van der Waals surface area contributed by atoms with E-state index < -0.39 is 5.97 Å². The highest BCUT2D eigenvalue weighted by atomic mass is 32.1. The number of thiophene rings is 1. The average molecular weight is 289 g/mol. The molecule has 20 heavy (non-hydrogen) atoms. The van der Waals surface area contributed by atoms with Crippen LogP contribution in [0.3, 0.4) is 0 Å². The van der Waals surface area contributed by atoms with Crippen molar-refractivity contribution in [2.75, 3.05) is 6.61 Å². The highest BCUT2D eigenvalue weighted by Crippen LogP contribution is 2.12. The van der Waals surface area contributed by atoms with Crippen molar-refractivity contribution < 1.29 is 14.4 Å². The molecule has 0 atom stereocenters. The highest BCUT2D eigenvalue weighted by molar-refractivity contribution is 7.12. The third-order valence-corrected chi connectivity index (χ3v) is 3.52. The number of hydrogen-bond acceptors (Lipinski definition) is 5. The van der Waals surface area contributed by atoms with Crippen molar-refractivity contribution >= 4 is 23.0 Å². The molecule has 4 nitrogen and oxygen atoms in total. The van der Waals surface area contributed by atoms with Crippen LogP contribution in [-0.2, 0) is 9.63 Å². The molecule has 1 heterocycles. The summed E-state index contributed by atoms with van der Waals surface area (Å²) in [7, 11) is 0. The Morgan fingerprint density at radius 1 is 1.25 bits per heavy atom. The zero-order valence-corrected chi connectivity index (χ0v) is 12.1. The standard InChI is InChI=1S/C15H15NO3S/c1-11-5-7-13(8-6-11)18-10-15(17)19-16-12(2)14-4-3-9-20-14/h3-9H,10H2,1-2H3. The largest absolute Gasteiger partial charge is 0.482 e. The Labute approximate surface area is 121 Å². The molecule has 0 amide bonds. The van der Waals surface area contributed by atoms with E-state index in [1.807, 2.05) is 48.7 Å². The van der Waals surface area contributed by atoms with Crippen molar-refractivity contribution in [1.29, 1.82) is 0 Å². The van der Waals surface area contributed by atoms with Gasteiger partial charge in [0.25, 0.3) is 0 Å². The number of ether oxygens (including phenoxy) is 1. The van der Waals surface area contributed by atoms with Crippen molar-refractivity contribution in [2.24, 2.45) is 5.16 Å². The molecule has 0 spiro atoms. The summed E-state index contributed by atoms with van der Waals surface area (Å²) in [6, 6.07) is 11.3. The van der Waals surface area contributed by atoms with Crippen LogP contribution in [0.5, 0.6) is 5.75 Å². The Hall–Kier alpha value is -2.14. The summed E-state index contributed by atoms with van der Waals surface area (Å²) in [6.45, 7) is 3.62. The third-order valence-electron chi connectivity index (χ3n) is 2.54. The van der Waals surface area contributed by atoms with Gasteiger partial charge in [-0.2, -0.15) is 0 Å². The fourth-order valence-electron chi connectivity index (χ4n) is 1.45. The van der Waals surface area contributed by atoms with Gasteiger partial charge in [0.15, 0.2) is 6.61 Å². The number of rotatable bonds is 5. The van der Waals surface area contributed by atoms with Crippen LogP contribution in [0.2, 0.25) is 0 Å². The van der Waals surface area contributed by atoms with Crippen LogP contribution >= 0.6 is 11.3 Å². The molecule has 0 unspecified atom stereocenters. The van der Waals surface area contributed by atoms with Crippen molar-refractivity contribution in [3.63, 3.8) is 0 Å². The Balaban J connectivity index is 1.81. The van der Waals surface area contributed by atoms with Gasteiger partial charge in [0.1, 0.15) is 5.75 Å². The second kappa shape index (κ2) is 6.86. The van der Waals surface area contributed by atoms with Gasteiger partial charge in [-0.15, -0.1) is 11.3 Å². The molecule has 0 radical (unpaired) electrons. The van der Waals surface area contributed by atoms with E-state index in [9.17, 15) is 4.79 Å². The van der Waals surface area contributed by atoms with Gasteiger partial charge >= 0.3 is 5.97 Å². The molecule has 0 bridgehead atoms. The van der Waals surface area contributed by atoms with Gasteiger partial charge in [0.2, 0.25) is 0 Å². The zero-order valence-electron chi connectivity index (χ0n) is 11.3. The van der Waals surface area contributed by atoms with Gasteiger partial charge in [0, 0.05) is 0 Å². The van der Waals surface area contributed by atoms with Gasteiger partial charge < -0.3 is 9.57 Å². The van der Waals surface area contributed by atoms with E-state index in [1.54, 1.807) is 18.3 Å². The molecular formula is C15H15NO3S. The van der Waals surface area contributed by atoms with Gasteiger partial charge in [-0.25, -0.2) is 4.79 Å². The number of aryl methyl sites for hydroxylation is 1. The van der Waals surface area contributed by atoms with E-state index in [0.717, 1.165) is 10.4 Å². The van der Waals surface area contributed by atoms with E-state index in [2.05, 4.69) is 5.16 Å². The van der Waals surface area contributed by atoms with E-state index in [-0.39, 0.29) is 6.61 Å². The topological polar surface area (TPSA) is 47.9 Å². The lowest BCUT2D eigenvalue weighted by Crippen LogP contribution is -2.13. The molecule has 2 aromatic rings. The molecule has 1 aromatic carbocycles. The van der Waals surface area contributed by atoms with Crippen molar-refractivity contribution in [3.05, 3.63) is 52.2 Å². The van der Waals surface area contributed by atoms with Crippen LogP contribution in [0.1, 0.15) is 17.4 Å². The maximum absolute atomic E-state index is 11.5. The van der Waals surface area contributed by atoms with Crippen LogP contribution < -0.4 is 4.74 Å². The fraction of sp³-hybridized carbons (Fsp3) is 0.200. The van der Waals surface area contributed by atoms with Gasteiger partial charge in [-0.1, -0.05) is 28.9 Å². The molecule has 0 N–H and O–H groups in total. The van der Waals surface area contributed by atoms with E-state index in [4.69, 9.17) is 9.57 Å². The monoisotopic (exact) mass is 289 g/mol. The first-order chi connectivity index (χ1) is 9.65. The quantitative estimate of drug-likeness (QED) is 0.481. The first-order valence-electron chi connectivity index (χ1n) is 6.13. The molecule has 0 saturated carbocycles. The summed E-state index contributed by atoms with van der Waals surface area (Å²) >= 11 is 1.54. The van der Waals surface area contributed by atoms with E-state index in [0.29, 0.717) is 11.5 Å². The number of oxime groups is 1. The Kier molecular flexibility index (Phi) is 4.90. The minimum Gasteiger partial charge on any atom is -0.482 e. The van der Waals surface area contributed by atoms with Gasteiger partial charge in [-0.05, 0) is 37.4 Å². The molecule has 1 aromatic heterocycles. The molecule has 5 heteroatoms. The van der Waals surface area contributed by atoms with Crippen LogP contribution in [0.15, 0.2) is 46.9 Å². The summed E-state index contributed by atoms with van der Waals surface area (Å²) in [5.74, 6) is 0.105. The molecule has 104 valence electrons. The molecule has 0 aliphatic rings. The molecule has 0 aliphatic carbocycles. The van der Waals surface area contributed by atoms with E-state index >= 15 is 0 Å². The predicted octanol–water partition coefficient (Wildman–Crippen LogP) is 3.40. The van der Waals surface area contributed by atoms with E-state index in [1.165, 1.54) is 0 Å². The van der Waals surface area contributed by atoms with Gasteiger partial charge in [0.05, 0.1) is 10.6 Å². The number of benzene rings is 1. The minimum absolute atomic E-state index is 0.162. The number of carbonyl (C=O) groups excluding carboxylic acids is 1. The van der Waals surface area contributed by atoms with Crippen molar-refractivity contribution in [1.82, 2.24) is 0 Å². The molecule has 0 saturated heterocycles. The van der Waals surface area contributed by atoms with Crippen LogP contribution in [0.25, 0.3) is 0 Å². The Bertz CT molecular complexity index is 588. The summed E-state index contributed by atoms with van der Waals surface area (Å²) in [5.41, 5.74) is 1.81. The second-order valence-electron chi connectivity index (χ2n) is 4.22. The maximum atomic E-state index is 11.5. The molecule has 0 aliphatic heterocycles. The summed E-state index contributed by atoms with van der Waals surface area (Å²) < 4.78 is 5.30. The summed E-state index contributed by atoms with van der Waals surface area (Å²) in [4.78, 5) is 17.3. The van der Waals surface area contributed by atoms with Gasteiger partial charge in [-0.3, -0.25) is 0 Å². The maximum Gasteiger partial charge on any atom is 0.372 e. The smallest absolute Gasteiger partial charge is 0.372 e. The fourth-order valence-corrected chi connectivity index (χ4v) is 2.12. The Morgan fingerprint density at radius 2 is 2.00 bits per heavy atom. The summed E-state index contributed by atoms with van der Waals surface area (Å²) in [5, 5.41) is 5.73. The Morgan fingerprint density at radius 3 is 2.65 bits per heavy atom. The predicted molar refractivity (Wildman–Crippen MR) is 79.3 cm³/mol. The zero-order chi connectivity index (χ0) is 14.4. The number of nitrogens with zero attached hydrogens (tertiary/aromatic N) is 1. The highest BCUT2D eigenvalue weighted by Gasteiger charge is 2.05. The van der Waals surface area contributed by atoms with Crippen molar-refractivity contribution in [3.8, 4) is 5.75 Å². The SMILES string of the molecule is CC(=NOC(=O)COc1ccc(C)cc1)c1cccs1. The second-order valence-corrected chi connectivity index (χ2v) is 5.17. The first kappa shape index (κ1) is 14.3. The lowest BCUT2D eigenvalue weighted by molar-refractivity contribution is -0.146. The minimum atomic E-state index is -0.526. The normalized spacial score (nSPS) is 11.2. The first-order valence-corrected chi connectivity index (χ1v) is 7.01. The lowest BCUT2D eigenvalue weighted by atomic mass is 10.2. The lowest BCUT2D eigenvalue weighted by Gasteiger charge is -2.04. The van der Waals surface area contributed by atoms with Crippen molar-refractivity contribution in [2.45, 2.75) is 13.8 Å². The molecule has 0 fully saturated rings. The number of carbonyl (C=O) groups is 1. The molecule has 2 rings (SSSR count). The summed E-state index contributed by atoms with van der Waals surface area (Å²) in [6.07, 6.45) is 0.